The van der Waals surface area contributed by atoms with Gasteiger partial charge in [-0.2, -0.15) is 0 Å². The number of hydrogen-bond donors (Lipinski definition) is 1. The molecule has 0 radical (unpaired) electrons. The van der Waals surface area contributed by atoms with Crippen LogP contribution in [0.5, 0.6) is 0 Å². The lowest BCUT2D eigenvalue weighted by Crippen LogP contribution is -2.29. The Kier molecular flexibility index (Phi) is 2.12. The summed E-state index contributed by atoms with van der Waals surface area (Å²) in [4.78, 5) is 3.59. The number of fused-ring (bicyclic) bond motifs is 5. The highest BCUT2D eigenvalue weighted by Gasteiger charge is 2.16. The Labute approximate surface area is 122 Å². The Morgan fingerprint density at radius 1 is 1.05 bits per heavy atom. The SMILES string of the molecule is C1=CCC2C=c3c([nH]c4cc5ccccc5cc34)=CC2=C1. The lowest BCUT2D eigenvalue weighted by atomic mass is 9.87. The van der Waals surface area contributed by atoms with Crippen LogP contribution in [0.2, 0.25) is 0 Å². The molecule has 1 atom stereocenters. The topological polar surface area (TPSA) is 15.8 Å². The molecule has 0 bridgehead atoms. The van der Waals surface area contributed by atoms with Crippen LogP contribution in [0.25, 0.3) is 33.8 Å². The Morgan fingerprint density at radius 2 is 1.90 bits per heavy atom. The van der Waals surface area contributed by atoms with E-state index in [-0.39, 0.29) is 0 Å². The van der Waals surface area contributed by atoms with Crippen LogP contribution in [0.1, 0.15) is 6.42 Å². The van der Waals surface area contributed by atoms with Crippen molar-refractivity contribution < 1.29 is 0 Å². The van der Waals surface area contributed by atoms with Gasteiger partial charge in [-0.15, -0.1) is 0 Å². The smallest absolute Gasteiger partial charge is 0.0471 e. The van der Waals surface area contributed by atoms with Crippen molar-refractivity contribution >= 4 is 33.8 Å². The maximum atomic E-state index is 3.59. The number of rotatable bonds is 0. The summed E-state index contributed by atoms with van der Waals surface area (Å²) in [6.07, 6.45) is 12.5. The fourth-order valence-corrected chi connectivity index (χ4v) is 3.57. The molecule has 2 aliphatic carbocycles. The highest BCUT2D eigenvalue weighted by Crippen LogP contribution is 2.26. The van der Waals surface area contributed by atoms with Gasteiger partial charge in [0.15, 0.2) is 0 Å². The lowest BCUT2D eigenvalue weighted by Gasteiger charge is -2.17. The van der Waals surface area contributed by atoms with Crippen molar-refractivity contribution in [2.45, 2.75) is 6.42 Å². The summed E-state index contributed by atoms with van der Waals surface area (Å²) in [6, 6.07) is 13.2. The van der Waals surface area contributed by atoms with E-state index >= 15 is 0 Å². The Balaban J connectivity index is 1.92. The van der Waals surface area contributed by atoms with Gasteiger partial charge in [-0.25, -0.2) is 0 Å². The second-order valence-electron chi connectivity index (χ2n) is 5.95. The van der Waals surface area contributed by atoms with Crippen LogP contribution in [0.15, 0.2) is 60.2 Å². The van der Waals surface area contributed by atoms with Crippen molar-refractivity contribution in [3.05, 3.63) is 70.8 Å². The summed E-state index contributed by atoms with van der Waals surface area (Å²) in [5.41, 5.74) is 2.65. The molecule has 0 spiro atoms. The van der Waals surface area contributed by atoms with Gasteiger partial charge < -0.3 is 4.98 Å². The maximum absolute atomic E-state index is 3.59. The largest absolute Gasteiger partial charge is 0.354 e. The van der Waals surface area contributed by atoms with Crippen LogP contribution < -0.4 is 10.6 Å². The number of allylic oxidation sites excluding steroid dienone is 4. The maximum Gasteiger partial charge on any atom is 0.0471 e. The van der Waals surface area contributed by atoms with E-state index in [1.165, 1.54) is 37.8 Å². The number of nitrogens with one attached hydrogen (secondary N) is 1. The zero-order valence-electron chi connectivity index (χ0n) is 11.6. The summed E-state index contributed by atoms with van der Waals surface area (Å²) in [6.45, 7) is 0. The molecule has 21 heavy (non-hydrogen) atoms. The standard InChI is InChI=1S/C20H15N/c1-3-7-15-11-19-17(9-13(15)5-1)18-10-14-6-2-4-8-16(14)12-20(18)21-19/h1-5,7-12,14,21H,6H2. The van der Waals surface area contributed by atoms with E-state index in [1.54, 1.807) is 0 Å². The molecule has 100 valence electrons. The van der Waals surface area contributed by atoms with Gasteiger partial charge in [0.25, 0.3) is 0 Å². The summed E-state index contributed by atoms with van der Waals surface area (Å²) in [5.74, 6) is 0.535. The highest BCUT2D eigenvalue weighted by atomic mass is 14.7. The fraction of sp³-hybridized carbons (Fsp3) is 0.100. The fourth-order valence-electron chi connectivity index (χ4n) is 3.57. The van der Waals surface area contributed by atoms with Crippen molar-refractivity contribution in [3.8, 4) is 0 Å². The van der Waals surface area contributed by atoms with E-state index in [0.717, 1.165) is 6.42 Å². The average Bonchev–Trinajstić information content (AvgIpc) is 2.87. The molecule has 1 nitrogen and oxygen atoms in total. The minimum atomic E-state index is 0.535. The second-order valence-corrected chi connectivity index (χ2v) is 5.95. The molecule has 0 saturated carbocycles. The van der Waals surface area contributed by atoms with Crippen molar-refractivity contribution in [3.63, 3.8) is 0 Å². The third-order valence-electron chi connectivity index (χ3n) is 4.66. The van der Waals surface area contributed by atoms with Gasteiger partial charge in [-0.1, -0.05) is 48.6 Å². The molecule has 1 unspecified atom stereocenters. The van der Waals surface area contributed by atoms with E-state index in [2.05, 4.69) is 71.8 Å². The van der Waals surface area contributed by atoms with Crippen molar-refractivity contribution in [2.24, 2.45) is 5.92 Å². The first-order chi connectivity index (χ1) is 10.4. The molecular formula is C20H15N. The molecule has 2 aliphatic rings. The molecule has 1 aromatic heterocycles. The van der Waals surface area contributed by atoms with Crippen molar-refractivity contribution in [1.29, 1.82) is 0 Å². The first-order valence-corrected chi connectivity index (χ1v) is 7.49. The molecule has 0 fully saturated rings. The normalized spacial score (nSPS) is 19.6. The average molecular weight is 269 g/mol. The predicted octanol–water partition coefficient (Wildman–Crippen LogP) is 3.40. The number of aromatic amines is 1. The second kappa shape index (κ2) is 3.98. The van der Waals surface area contributed by atoms with E-state index in [0.29, 0.717) is 5.92 Å². The van der Waals surface area contributed by atoms with Crippen molar-refractivity contribution in [2.75, 3.05) is 0 Å². The van der Waals surface area contributed by atoms with Gasteiger partial charge in [-0.05, 0) is 41.0 Å². The van der Waals surface area contributed by atoms with Crippen LogP contribution in [-0.2, 0) is 0 Å². The minimum Gasteiger partial charge on any atom is -0.354 e. The van der Waals surface area contributed by atoms with E-state index < -0.39 is 0 Å². The first kappa shape index (κ1) is 11.2. The summed E-state index contributed by atoms with van der Waals surface area (Å²) < 4.78 is 0. The van der Waals surface area contributed by atoms with E-state index in [1.807, 2.05) is 0 Å². The van der Waals surface area contributed by atoms with Crippen LogP contribution in [0, 0.1) is 5.92 Å². The quantitative estimate of drug-likeness (QED) is 0.644. The van der Waals surface area contributed by atoms with Gasteiger partial charge >= 0.3 is 0 Å². The summed E-state index contributed by atoms with van der Waals surface area (Å²) in [5, 5.41) is 6.56. The molecule has 3 aromatic rings. The Hall–Kier alpha value is -2.54. The summed E-state index contributed by atoms with van der Waals surface area (Å²) >= 11 is 0. The van der Waals surface area contributed by atoms with Crippen LogP contribution in [0.3, 0.4) is 0 Å². The third kappa shape index (κ3) is 1.58. The monoisotopic (exact) mass is 269 g/mol. The molecule has 1 heteroatoms. The molecule has 0 aliphatic heterocycles. The molecular weight excluding hydrogens is 254 g/mol. The zero-order valence-corrected chi connectivity index (χ0v) is 11.6. The van der Waals surface area contributed by atoms with E-state index in [4.69, 9.17) is 0 Å². The van der Waals surface area contributed by atoms with Gasteiger partial charge in [0.2, 0.25) is 0 Å². The van der Waals surface area contributed by atoms with Gasteiger partial charge in [0, 0.05) is 27.4 Å². The van der Waals surface area contributed by atoms with Crippen LogP contribution >= 0.6 is 0 Å². The molecule has 0 saturated heterocycles. The Morgan fingerprint density at radius 3 is 2.81 bits per heavy atom. The van der Waals surface area contributed by atoms with Crippen LogP contribution in [-0.4, -0.2) is 4.98 Å². The van der Waals surface area contributed by atoms with E-state index in [9.17, 15) is 0 Å². The minimum absolute atomic E-state index is 0.535. The van der Waals surface area contributed by atoms with Gasteiger partial charge in [0.1, 0.15) is 0 Å². The molecule has 0 amide bonds. The summed E-state index contributed by atoms with van der Waals surface area (Å²) in [7, 11) is 0. The number of aromatic nitrogens is 1. The highest BCUT2D eigenvalue weighted by molar-refractivity contribution is 5.97. The van der Waals surface area contributed by atoms with Gasteiger partial charge in [0.05, 0.1) is 0 Å². The van der Waals surface area contributed by atoms with Crippen molar-refractivity contribution in [1.82, 2.24) is 4.98 Å². The lowest BCUT2D eigenvalue weighted by molar-refractivity contribution is 0.829. The number of benzene rings is 2. The van der Waals surface area contributed by atoms with Gasteiger partial charge in [-0.3, -0.25) is 0 Å². The first-order valence-electron chi connectivity index (χ1n) is 7.49. The predicted molar refractivity (Wildman–Crippen MR) is 89.3 cm³/mol. The molecule has 1 N–H and O–H groups in total. The molecule has 1 heterocycles. The third-order valence-corrected chi connectivity index (χ3v) is 4.66. The zero-order chi connectivity index (χ0) is 13.8. The molecule has 5 rings (SSSR count). The molecule has 2 aromatic carbocycles. The number of H-pyrrole nitrogens is 1. The number of hydrogen-bond acceptors (Lipinski definition) is 0. The van der Waals surface area contributed by atoms with Crippen LogP contribution in [0.4, 0.5) is 0 Å². The Bertz CT molecular complexity index is 1060.